The second-order valence-electron chi connectivity index (χ2n) is 7.04. The summed E-state index contributed by atoms with van der Waals surface area (Å²) in [5, 5.41) is 4.26. The maximum Gasteiger partial charge on any atom is 0.274 e. The van der Waals surface area contributed by atoms with Gasteiger partial charge >= 0.3 is 0 Å². The van der Waals surface area contributed by atoms with Crippen LogP contribution in [0.1, 0.15) is 53.4 Å². The normalized spacial score (nSPS) is 15.6. The van der Waals surface area contributed by atoms with E-state index in [9.17, 15) is 4.79 Å². The number of nitrogens with one attached hydrogen (secondary N) is 2. The van der Waals surface area contributed by atoms with Crippen LogP contribution in [0.25, 0.3) is 0 Å². The summed E-state index contributed by atoms with van der Waals surface area (Å²) in [4.78, 5) is 13.8. The number of piperidine rings is 1. The molecule has 0 atom stereocenters. The molecule has 2 heterocycles. The highest BCUT2D eigenvalue weighted by Gasteiger charge is 2.17. The van der Waals surface area contributed by atoms with Crippen molar-refractivity contribution in [2.75, 3.05) is 20.2 Å². The number of methoxy groups -OCH3 is 1. The standard InChI is InChI=1S/C21H27N3O3/c1-15(22-23-21(25)19-9-12-27-16(19)2)17-7-8-20(26-3)18(13-17)14-24-10-5-4-6-11-24/h7-9,12-13H,4-6,10-11,14H2,1-3H3,(H,23,25)/p+1/b22-15-. The number of aryl methyl sites for hydroxylation is 1. The zero-order valence-corrected chi connectivity index (χ0v) is 16.3. The van der Waals surface area contributed by atoms with Crippen molar-refractivity contribution in [1.82, 2.24) is 5.43 Å². The fourth-order valence-electron chi connectivity index (χ4n) is 3.52. The number of likely N-dealkylation sites (tertiary alicyclic amines) is 1. The van der Waals surface area contributed by atoms with E-state index in [2.05, 4.69) is 16.6 Å². The predicted octanol–water partition coefficient (Wildman–Crippen LogP) is 2.32. The van der Waals surface area contributed by atoms with Gasteiger partial charge < -0.3 is 14.1 Å². The first-order valence-electron chi connectivity index (χ1n) is 9.48. The number of amides is 1. The third-order valence-electron chi connectivity index (χ3n) is 5.13. The summed E-state index contributed by atoms with van der Waals surface area (Å²) >= 11 is 0. The Morgan fingerprint density at radius 1 is 1.26 bits per heavy atom. The van der Waals surface area contributed by atoms with E-state index in [-0.39, 0.29) is 5.91 Å². The van der Waals surface area contributed by atoms with Gasteiger partial charge in [-0.15, -0.1) is 0 Å². The Bertz CT molecular complexity index is 820. The minimum atomic E-state index is -0.271. The molecular formula is C21H28N3O3+. The molecule has 6 nitrogen and oxygen atoms in total. The number of quaternary nitrogens is 1. The molecule has 1 aromatic carbocycles. The molecule has 1 aliphatic heterocycles. The summed E-state index contributed by atoms with van der Waals surface area (Å²) < 4.78 is 10.7. The van der Waals surface area contributed by atoms with E-state index >= 15 is 0 Å². The summed E-state index contributed by atoms with van der Waals surface area (Å²) in [5.74, 6) is 1.21. The lowest BCUT2D eigenvalue weighted by molar-refractivity contribution is -0.918. The number of benzene rings is 1. The van der Waals surface area contributed by atoms with Crippen LogP contribution in [0.2, 0.25) is 0 Å². The molecule has 2 aromatic rings. The largest absolute Gasteiger partial charge is 0.496 e. The summed E-state index contributed by atoms with van der Waals surface area (Å²) in [6, 6.07) is 7.72. The monoisotopic (exact) mass is 370 g/mol. The third kappa shape index (κ3) is 4.77. The lowest BCUT2D eigenvalue weighted by Gasteiger charge is -2.24. The van der Waals surface area contributed by atoms with Gasteiger partial charge in [-0.25, -0.2) is 5.43 Å². The molecule has 0 aliphatic carbocycles. The number of hydrogen-bond acceptors (Lipinski definition) is 4. The van der Waals surface area contributed by atoms with Crippen molar-refractivity contribution in [2.24, 2.45) is 5.10 Å². The Morgan fingerprint density at radius 2 is 2.04 bits per heavy atom. The molecule has 1 amide bonds. The van der Waals surface area contributed by atoms with Gasteiger partial charge in [0.15, 0.2) is 0 Å². The van der Waals surface area contributed by atoms with Crippen molar-refractivity contribution >= 4 is 11.6 Å². The number of carbonyl (C=O) groups excluding carboxylic acids is 1. The van der Waals surface area contributed by atoms with Crippen LogP contribution >= 0.6 is 0 Å². The van der Waals surface area contributed by atoms with Gasteiger partial charge in [0.05, 0.1) is 37.7 Å². The van der Waals surface area contributed by atoms with E-state index in [4.69, 9.17) is 9.15 Å². The van der Waals surface area contributed by atoms with E-state index in [1.165, 1.54) is 44.2 Å². The maximum absolute atomic E-state index is 12.2. The zero-order valence-electron chi connectivity index (χ0n) is 16.3. The fraction of sp³-hybridized carbons (Fsp3) is 0.429. The molecule has 1 aliphatic rings. The molecule has 27 heavy (non-hydrogen) atoms. The Balaban J connectivity index is 1.73. The average Bonchev–Trinajstić information content (AvgIpc) is 3.12. The molecular weight excluding hydrogens is 342 g/mol. The van der Waals surface area contributed by atoms with Crippen LogP contribution < -0.4 is 15.1 Å². The van der Waals surface area contributed by atoms with Gasteiger partial charge in [0.25, 0.3) is 5.91 Å². The van der Waals surface area contributed by atoms with Crippen molar-refractivity contribution in [2.45, 2.75) is 39.7 Å². The third-order valence-corrected chi connectivity index (χ3v) is 5.13. The molecule has 1 saturated heterocycles. The number of hydrogen-bond donors (Lipinski definition) is 2. The molecule has 0 spiro atoms. The highest BCUT2D eigenvalue weighted by Crippen LogP contribution is 2.20. The first-order valence-corrected chi connectivity index (χ1v) is 9.48. The lowest BCUT2D eigenvalue weighted by Crippen LogP contribution is -3.11. The van der Waals surface area contributed by atoms with E-state index in [0.717, 1.165) is 23.6 Å². The van der Waals surface area contributed by atoms with Crippen LogP contribution in [0, 0.1) is 6.92 Å². The summed E-state index contributed by atoms with van der Waals surface area (Å²) in [6.45, 7) is 7.01. The molecule has 6 heteroatoms. The molecule has 0 saturated carbocycles. The number of rotatable bonds is 6. The first-order chi connectivity index (χ1) is 13.1. The Labute approximate surface area is 160 Å². The smallest absolute Gasteiger partial charge is 0.274 e. The maximum atomic E-state index is 12.2. The predicted molar refractivity (Wildman–Crippen MR) is 104 cm³/mol. The SMILES string of the molecule is COc1ccc(/C(C)=N\NC(=O)c2ccoc2C)cc1C[NH+]1CCCCC1. The van der Waals surface area contributed by atoms with E-state index in [0.29, 0.717) is 11.3 Å². The number of ether oxygens (including phenoxy) is 1. The van der Waals surface area contributed by atoms with Crippen LogP contribution in [0.15, 0.2) is 40.0 Å². The minimum Gasteiger partial charge on any atom is -0.496 e. The van der Waals surface area contributed by atoms with Crippen molar-refractivity contribution in [3.63, 3.8) is 0 Å². The van der Waals surface area contributed by atoms with Crippen molar-refractivity contribution in [1.29, 1.82) is 0 Å². The Kier molecular flexibility index (Phi) is 6.29. The van der Waals surface area contributed by atoms with Gasteiger partial charge in [-0.2, -0.15) is 5.10 Å². The highest BCUT2D eigenvalue weighted by molar-refractivity contribution is 6.01. The number of hydrazone groups is 1. The average molecular weight is 370 g/mol. The van der Waals surface area contributed by atoms with Gasteiger partial charge in [-0.3, -0.25) is 4.79 Å². The van der Waals surface area contributed by atoms with Crippen LogP contribution in [0.5, 0.6) is 5.75 Å². The zero-order chi connectivity index (χ0) is 19.2. The van der Waals surface area contributed by atoms with Gasteiger partial charge in [0.2, 0.25) is 0 Å². The summed E-state index contributed by atoms with van der Waals surface area (Å²) in [5.41, 5.74) is 6.01. The van der Waals surface area contributed by atoms with E-state index in [1.807, 2.05) is 19.1 Å². The second-order valence-corrected chi connectivity index (χ2v) is 7.04. The summed E-state index contributed by atoms with van der Waals surface area (Å²) in [7, 11) is 1.71. The van der Waals surface area contributed by atoms with Gasteiger partial charge in [0.1, 0.15) is 18.1 Å². The summed E-state index contributed by atoms with van der Waals surface area (Å²) in [6.07, 6.45) is 5.41. The van der Waals surface area contributed by atoms with Crippen molar-refractivity contribution in [3.05, 3.63) is 53.0 Å². The Hall–Kier alpha value is -2.60. The van der Waals surface area contributed by atoms with E-state index in [1.54, 1.807) is 25.0 Å². The molecule has 1 aromatic heterocycles. The van der Waals surface area contributed by atoms with Gasteiger partial charge in [0, 0.05) is 5.56 Å². The Morgan fingerprint density at radius 3 is 2.70 bits per heavy atom. The topological polar surface area (TPSA) is 68.3 Å². The van der Waals surface area contributed by atoms with Crippen LogP contribution in [0.3, 0.4) is 0 Å². The number of nitrogens with zero attached hydrogens (tertiary/aromatic N) is 1. The number of furan rings is 1. The molecule has 144 valence electrons. The molecule has 2 N–H and O–H groups in total. The molecule has 0 bridgehead atoms. The van der Waals surface area contributed by atoms with Crippen molar-refractivity contribution < 1.29 is 18.8 Å². The first kappa shape index (κ1) is 19.2. The van der Waals surface area contributed by atoms with Crippen molar-refractivity contribution in [3.8, 4) is 5.75 Å². The van der Waals surface area contributed by atoms with Crippen LogP contribution in [0.4, 0.5) is 0 Å². The lowest BCUT2D eigenvalue weighted by atomic mass is 10.0. The molecule has 0 radical (unpaired) electrons. The van der Waals surface area contributed by atoms with Crippen LogP contribution in [-0.4, -0.2) is 31.8 Å². The quantitative estimate of drug-likeness (QED) is 0.606. The number of carbonyl (C=O) groups is 1. The fourth-order valence-corrected chi connectivity index (χ4v) is 3.52. The van der Waals surface area contributed by atoms with Crippen LogP contribution in [-0.2, 0) is 6.54 Å². The second kappa shape index (κ2) is 8.86. The van der Waals surface area contributed by atoms with Gasteiger partial charge in [-0.05, 0) is 62.9 Å². The minimum absolute atomic E-state index is 0.271. The molecule has 1 fully saturated rings. The molecule has 0 unspecified atom stereocenters. The molecule has 3 rings (SSSR count). The van der Waals surface area contributed by atoms with E-state index < -0.39 is 0 Å². The highest BCUT2D eigenvalue weighted by atomic mass is 16.5. The van der Waals surface area contributed by atoms with Gasteiger partial charge in [-0.1, -0.05) is 0 Å².